The molecule has 0 aromatic heterocycles. The Morgan fingerprint density at radius 2 is 0.333 bits per heavy atom. The van der Waals surface area contributed by atoms with E-state index >= 15 is 0 Å². The Morgan fingerprint density at radius 3 is 0.333 bits per heavy atom. The Bertz CT molecular complexity index is 3.90. The van der Waals surface area contributed by atoms with Crippen LogP contribution < -0.4 is 0 Å². The lowest BCUT2D eigenvalue weighted by molar-refractivity contribution is 5.75. The molecule has 0 bridgehead atoms. The van der Waals surface area contributed by atoms with Gasteiger partial charge in [-0.3, -0.25) is 0 Å². The van der Waals surface area contributed by atoms with Crippen LogP contribution in [0.15, 0.2) is 0 Å². The highest BCUT2D eigenvalue weighted by Gasteiger charge is 0.0814. The number of rotatable bonds is 0. The third-order valence-electron chi connectivity index (χ3n) is 0. The molecule has 0 aliphatic rings. The summed E-state index contributed by atoms with van der Waals surface area (Å²) in [4.78, 5) is 0. The molecule has 0 radical (unpaired) electrons. The van der Waals surface area contributed by atoms with Gasteiger partial charge in [0.1, 0.15) is 0 Å². The van der Waals surface area contributed by atoms with Crippen molar-refractivity contribution in [3.05, 3.63) is 0 Å². The topological polar surface area (TPSA) is 0 Å². The van der Waals surface area contributed by atoms with Crippen molar-refractivity contribution >= 4 is 75.9 Å². The maximum absolute atomic E-state index is 0. The predicted molar refractivity (Wildman–Crippen MR) is 61.8 cm³/mol. The Morgan fingerprint density at radius 1 is 0.333 bits per heavy atom. The fraction of sp³-hybridized carbons (Fsp3) is 0. The van der Waals surface area contributed by atoms with E-state index in [1.54, 1.807) is 0 Å². The van der Waals surface area contributed by atoms with E-state index in [2.05, 4.69) is 0 Å². The van der Waals surface area contributed by atoms with Crippen molar-refractivity contribution in [2.45, 2.75) is 0 Å². The van der Waals surface area contributed by atoms with E-state index in [4.69, 9.17) is 0 Å². The van der Waals surface area contributed by atoms with E-state index in [0.29, 0.717) is 0 Å². The highest BCUT2D eigenvalue weighted by Crippen LogP contribution is 0.652. The Kier molecular flexibility index (Phi) is 1280. The Labute approximate surface area is 75.7 Å². The van der Waals surface area contributed by atoms with Crippen molar-refractivity contribution in [1.82, 2.24) is 0 Å². The Balaban J connectivity index is 0. The third-order valence-corrected chi connectivity index (χ3v) is 0. The highest BCUT2D eigenvalue weighted by atomic mass is 32.1. The fourth-order valence-electron chi connectivity index (χ4n) is 0. The minimum atomic E-state index is 0. The molecule has 0 aromatic carbocycles. The molecule has 6 heteroatoms. The van der Waals surface area contributed by atoms with Gasteiger partial charge in [-0.1, -0.05) is 0 Å². The molecule has 0 aromatic rings. The average Bonchev–Trinajstić information content (AvgIpc) is 0. The van der Waals surface area contributed by atoms with Crippen LogP contribution in [0.3, 0.4) is 0 Å². The molecule has 0 unspecified atom stereocenters. The lowest BCUT2D eigenvalue weighted by atomic mass is 10.8. The summed E-state index contributed by atoms with van der Waals surface area (Å²) in [5, 5.41) is 0. The minimum Gasteiger partial charge on any atom is -0.197 e. The molecule has 0 spiro atoms. The number of hydrogen-bond acceptors (Lipinski definition) is 0. The summed E-state index contributed by atoms with van der Waals surface area (Å²) in [6.07, 6.45) is 0. The monoisotopic (exact) mass is 184 g/mol. The second kappa shape index (κ2) is 70.0. The van der Waals surface area contributed by atoms with Crippen molar-refractivity contribution in [2.24, 2.45) is 0 Å². The zero-order chi connectivity index (χ0) is 0. The van der Waals surface area contributed by atoms with Gasteiger partial charge >= 0.3 is 0 Å². The fourth-order valence-corrected chi connectivity index (χ4v) is 0. The van der Waals surface area contributed by atoms with Gasteiger partial charge in [-0.05, 0) is 0 Å². The summed E-state index contributed by atoms with van der Waals surface area (Å²) in [6.45, 7) is 0. The lowest BCUT2D eigenvalue weighted by Crippen LogP contribution is -0.381. The van der Waals surface area contributed by atoms with Crippen LogP contribution in [0.1, 0.15) is 0 Å². The van der Waals surface area contributed by atoms with Gasteiger partial charge in [-0.2, -0.15) is 67.5 Å². The summed E-state index contributed by atoms with van der Waals surface area (Å²) in [5.41, 5.74) is 0. The molecule has 0 saturated heterocycles. The van der Waals surface area contributed by atoms with Gasteiger partial charge in [-0.15, -0.1) is 0 Å². The van der Waals surface area contributed by atoms with Crippen molar-refractivity contribution < 1.29 is 0 Å². The first-order valence-electron chi connectivity index (χ1n) is 0. The standard InChI is InChI=1S/BH3.5H2S/h1H3;5*1H2. The summed E-state index contributed by atoms with van der Waals surface area (Å²) in [6, 6.07) is 0. The molecule has 0 aliphatic heterocycles. The molecule has 0 N–H and O–H groups in total. The van der Waals surface area contributed by atoms with Crippen LogP contribution in [-0.2, 0) is 0 Å². The van der Waals surface area contributed by atoms with Gasteiger partial charge in [0.2, 0.25) is 0 Å². The highest BCUT2D eigenvalue weighted by molar-refractivity contribution is 7.60. The molecule has 0 amide bonds. The van der Waals surface area contributed by atoms with E-state index < -0.39 is 0 Å². The van der Waals surface area contributed by atoms with Gasteiger partial charge in [0.15, 0.2) is 0 Å². The lowest BCUT2D eigenvalue weighted by Gasteiger charge is -0.198. The molecule has 46 valence electrons. The first-order chi connectivity index (χ1) is 0. The molecule has 0 saturated carbocycles. The van der Waals surface area contributed by atoms with Crippen LogP contribution >= 0.6 is 67.5 Å². The summed E-state index contributed by atoms with van der Waals surface area (Å²) >= 11 is 0. The number of hydrogen-bond donors (Lipinski definition) is 0. The van der Waals surface area contributed by atoms with Crippen LogP contribution in [0.2, 0.25) is 0 Å². The molecule has 0 nitrogen and oxygen atoms in total. The zero-order valence-corrected chi connectivity index (χ0v) is 7.50. The summed E-state index contributed by atoms with van der Waals surface area (Å²) < 4.78 is 0. The van der Waals surface area contributed by atoms with Gasteiger partial charge < -0.3 is 0 Å². The minimum absolute atomic E-state index is 0. The summed E-state index contributed by atoms with van der Waals surface area (Å²) in [5.74, 6) is 0. The molecule has 0 fully saturated rings. The van der Waals surface area contributed by atoms with Crippen LogP contribution in [0.4, 0.5) is 0 Å². The molecule has 0 aliphatic carbocycles. The van der Waals surface area contributed by atoms with E-state index in [9.17, 15) is 0 Å². The van der Waals surface area contributed by atoms with Crippen molar-refractivity contribution in [3.8, 4) is 0 Å². The van der Waals surface area contributed by atoms with Crippen LogP contribution in [-0.4, -0.2) is 8.41 Å². The van der Waals surface area contributed by atoms with Crippen LogP contribution in [0, 0.1) is 0 Å². The second-order valence-corrected chi connectivity index (χ2v) is 0. The largest absolute Gasteiger partial charge is 0.197 e. The molecule has 0 atom stereocenters. The van der Waals surface area contributed by atoms with Gasteiger partial charge in [0, 0.05) is 0 Å². The van der Waals surface area contributed by atoms with Gasteiger partial charge in [0.05, 0.1) is 8.41 Å². The molecule has 0 rings (SSSR count). The molecule has 6 heavy (non-hydrogen) atoms. The van der Waals surface area contributed by atoms with Crippen molar-refractivity contribution in [3.63, 3.8) is 0 Å². The van der Waals surface area contributed by atoms with E-state index in [-0.39, 0.29) is 75.9 Å². The normalized spacial score (nSPS) is 0. The SMILES string of the molecule is B.S.S.S.S.S. The zero-order valence-electron chi connectivity index (χ0n) is 2.50. The van der Waals surface area contributed by atoms with E-state index in [1.165, 1.54) is 0 Å². The molecular weight excluding hydrogens is 171 g/mol. The second-order valence-electron chi connectivity index (χ2n) is 0. The Hall–Kier alpha value is 1.81. The van der Waals surface area contributed by atoms with E-state index in [1.807, 2.05) is 0 Å². The van der Waals surface area contributed by atoms with Crippen molar-refractivity contribution in [1.29, 1.82) is 0 Å². The summed E-state index contributed by atoms with van der Waals surface area (Å²) in [7, 11) is 0. The van der Waals surface area contributed by atoms with Gasteiger partial charge in [0.25, 0.3) is 0 Å². The maximum Gasteiger partial charge on any atom is 0.0814 e. The quantitative estimate of drug-likeness (QED) is 0.440. The molecule has 0 heterocycles. The predicted octanol–water partition coefficient (Wildman–Crippen LogP) is -0.620. The first-order valence-corrected chi connectivity index (χ1v) is 0. The third kappa shape index (κ3) is 40.9. The smallest absolute Gasteiger partial charge is 0.0814 e. The average molecular weight is 184 g/mol. The van der Waals surface area contributed by atoms with Crippen molar-refractivity contribution in [2.75, 3.05) is 0 Å². The van der Waals surface area contributed by atoms with Crippen LogP contribution in [0.5, 0.6) is 0 Å². The van der Waals surface area contributed by atoms with Crippen LogP contribution in [0.25, 0.3) is 0 Å². The maximum atomic E-state index is 0. The van der Waals surface area contributed by atoms with Gasteiger partial charge in [-0.25, -0.2) is 0 Å². The molecular formula is H13BS5. The van der Waals surface area contributed by atoms with E-state index in [0.717, 1.165) is 0 Å². The first kappa shape index (κ1) is 110.